The van der Waals surface area contributed by atoms with Gasteiger partial charge in [-0.1, -0.05) is 12.1 Å². The molecule has 0 aliphatic rings. The summed E-state index contributed by atoms with van der Waals surface area (Å²) in [6.45, 7) is 6.38. The number of benzene rings is 2. The van der Waals surface area contributed by atoms with Crippen molar-refractivity contribution < 1.29 is 8.98 Å². The van der Waals surface area contributed by atoms with Gasteiger partial charge in [-0.2, -0.15) is 5.26 Å². The predicted molar refractivity (Wildman–Crippen MR) is 99.3 cm³/mol. The van der Waals surface area contributed by atoms with Gasteiger partial charge in [0.1, 0.15) is 18.7 Å². The first-order valence-electron chi connectivity index (χ1n) is 8.33. The molecule has 2 aromatic carbocycles. The van der Waals surface area contributed by atoms with Crippen LogP contribution in [0.2, 0.25) is 0 Å². The summed E-state index contributed by atoms with van der Waals surface area (Å²) < 4.78 is 8.21. The van der Waals surface area contributed by atoms with Gasteiger partial charge in [-0.05, 0) is 50.1 Å². The number of nitrogens with zero attached hydrogens (tertiary/aromatic N) is 2. The number of aryl methyl sites for hydroxylation is 4. The number of pyridine rings is 1. The number of hydrogen-bond acceptors (Lipinski definition) is 2. The lowest BCUT2D eigenvalue weighted by atomic mass is 9.99. The highest BCUT2D eigenvalue weighted by atomic mass is 16.3. The van der Waals surface area contributed by atoms with Crippen LogP contribution in [0, 0.1) is 32.1 Å². The standard InChI is InChI=1S/C22H19N2O/c1-13-9-20(24(4)12-15(13)3)18-10-21-19(8-14(18)2)17-7-5-6-16(11-23)22(17)25-21/h5-10,12H,1-4H3/q+1. The Morgan fingerprint density at radius 2 is 1.76 bits per heavy atom. The largest absolute Gasteiger partial charge is 0.455 e. The van der Waals surface area contributed by atoms with Crippen molar-refractivity contribution in [1.29, 1.82) is 5.26 Å². The molecule has 2 heterocycles. The van der Waals surface area contributed by atoms with Crippen molar-refractivity contribution in [2.75, 3.05) is 0 Å². The molecule has 0 saturated heterocycles. The molecule has 0 amide bonds. The van der Waals surface area contributed by atoms with Crippen LogP contribution < -0.4 is 4.57 Å². The van der Waals surface area contributed by atoms with Crippen molar-refractivity contribution in [2.24, 2.45) is 7.05 Å². The maximum absolute atomic E-state index is 9.33. The first-order valence-corrected chi connectivity index (χ1v) is 8.33. The third-order valence-corrected chi connectivity index (χ3v) is 4.98. The van der Waals surface area contributed by atoms with Crippen molar-refractivity contribution in [3.05, 3.63) is 64.8 Å². The average Bonchev–Trinajstić information content (AvgIpc) is 2.95. The zero-order valence-corrected chi connectivity index (χ0v) is 14.8. The molecule has 3 nitrogen and oxygen atoms in total. The minimum absolute atomic E-state index is 0.574. The van der Waals surface area contributed by atoms with E-state index in [1.54, 1.807) is 6.07 Å². The van der Waals surface area contributed by atoms with Crippen LogP contribution in [0.4, 0.5) is 0 Å². The maximum atomic E-state index is 9.33. The Hall–Kier alpha value is -3.12. The number of rotatable bonds is 1. The van der Waals surface area contributed by atoms with Crippen LogP contribution in [-0.4, -0.2) is 0 Å². The van der Waals surface area contributed by atoms with Crippen molar-refractivity contribution in [3.63, 3.8) is 0 Å². The molecule has 0 atom stereocenters. The van der Waals surface area contributed by atoms with Gasteiger partial charge in [-0.3, -0.25) is 0 Å². The Morgan fingerprint density at radius 3 is 2.52 bits per heavy atom. The minimum atomic E-state index is 0.574. The van der Waals surface area contributed by atoms with E-state index in [1.165, 1.54) is 16.7 Å². The summed E-state index contributed by atoms with van der Waals surface area (Å²) >= 11 is 0. The van der Waals surface area contributed by atoms with E-state index < -0.39 is 0 Å². The summed E-state index contributed by atoms with van der Waals surface area (Å²) in [4.78, 5) is 0. The lowest BCUT2D eigenvalue weighted by molar-refractivity contribution is -0.660. The van der Waals surface area contributed by atoms with E-state index in [2.05, 4.69) is 62.9 Å². The Labute approximate surface area is 146 Å². The Bertz CT molecular complexity index is 1190. The molecule has 0 unspecified atom stereocenters. The normalized spacial score (nSPS) is 11.2. The average molecular weight is 327 g/mol. The van der Waals surface area contributed by atoms with Crippen LogP contribution in [0.25, 0.3) is 33.2 Å². The summed E-state index contributed by atoms with van der Waals surface area (Å²) in [6.07, 6.45) is 2.15. The predicted octanol–water partition coefficient (Wildman–Crippen LogP) is 4.87. The van der Waals surface area contributed by atoms with Crippen LogP contribution >= 0.6 is 0 Å². The quantitative estimate of drug-likeness (QED) is 0.468. The van der Waals surface area contributed by atoms with Crippen LogP contribution in [0.5, 0.6) is 0 Å². The number of para-hydroxylation sites is 1. The summed E-state index contributed by atoms with van der Waals surface area (Å²) in [6, 6.07) is 14.4. The van der Waals surface area contributed by atoms with Gasteiger partial charge in [0.2, 0.25) is 5.69 Å². The van der Waals surface area contributed by atoms with Gasteiger partial charge in [0.25, 0.3) is 0 Å². The number of nitriles is 1. The molecular weight excluding hydrogens is 308 g/mol. The number of fused-ring (bicyclic) bond motifs is 3. The van der Waals surface area contributed by atoms with Gasteiger partial charge in [0.05, 0.1) is 11.1 Å². The smallest absolute Gasteiger partial charge is 0.212 e. The first-order chi connectivity index (χ1) is 12.0. The van der Waals surface area contributed by atoms with Crippen LogP contribution in [0.15, 0.2) is 47.0 Å². The number of aromatic nitrogens is 1. The summed E-state index contributed by atoms with van der Waals surface area (Å²) in [5.41, 5.74) is 8.09. The van der Waals surface area contributed by atoms with Crippen molar-refractivity contribution in [2.45, 2.75) is 20.8 Å². The van der Waals surface area contributed by atoms with Gasteiger partial charge in [-0.25, -0.2) is 4.57 Å². The summed E-state index contributed by atoms with van der Waals surface area (Å²) in [5, 5.41) is 11.4. The van der Waals surface area contributed by atoms with E-state index in [0.29, 0.717) is 11.1 Å². The third kappa shape index (κ3) is 2.30. The summed E-state index contributed by atoms with van der Waals surface area (Å²) in [7, 11) is 2.07. The molecule has 0 aliphatic carbocycles. The molecule has 0 bridgehead atoms. The molecule has 25 heavy (non-hydrogen) atoms. The van der Waals surface area contributed by atoms with Gasteiger partial charge < -0.3 is 4.42 Å². The zero-order valence-electron chi connectivity index (χ0n) is 14.8. The van der Waals surface area contributed by atoms with Crippen LogP contribution in [0.3, 0.4) is 0 Å². The van der Waals surface area contributed by atoms with Gasteiger partial charge in [-0.15, -0.1) is 0 Å². The second-order valence-corrected chi connectivity index (χ2v) is 6.70. The van der Waals surface area contributed by atoms with E-state index in [1.807, 2.05) is 12.1 Å². The van der Waals surface area contributed by atoms with Crippen LogP contribution in [0.1, 0.15) is 22.3 Å². The number of furan rings is 1. The highest BCUT2D eigenvalue weighted by Crippen LogP contribution is 2.35. The Kier molecular flexibility index (Phi) is 3.36. The number of hydrogen-bond donors (Lipinski definition) is 0. The van der Waals surface area contributed by atoms with E-state index >= 15 is 0 Å². The van der Waals surface area contributed by atoms with E-state index in [9.17, 15) is 5.26 Å². The topological polar surface area (TPSA) is 40.8 Å². The van der Waals surface area contributed by atoms with Gasteiger partial charge in [0.15, 0.2) is 11.8 Å². The summed E-state index contributed by atoms with van der Waals surface area (Å²) in [5.74, 6) is 0. The van der Waals surface area contributed by atoms with Gasteiger partial charge >= 0.3 is 0 Å². The molecule has 0 spiro atoms. The molecule has 4 aromatic rings. The second kappa shape index (κ2) is 5.46. The SMILES string of the molecule is Cc1cc(-c2cc3oc4c(C#N)cccc4c3cc2C)[n+](C)cc1C. The third-order valence-electron chi connectivity index (χ3n) is 4.98. The lowest BCUT2D eigenvalue weighted by Gasteiger charge is -2.07. The Morgan fingerprint density at radius 1 is 0.960 bits per heavy atom. The molecule has 0 saturated carbocycles. The second-order valence-electron chi connectivity index (χ2n) is 6.70. The molecule has 0 fully saturated rings. The molecule has 122 valence electrons. The zero-order chi connectivity index (χ0) is 17.7. The molecule has 0 radical (unpaired) electrons. The van der Waals surface area contributed by atoms with Crippen LogP contribution in [-0.2, 0) is 7.05 Å². The fraction of sp³-hybridized carbons (Fsp3) is 0.182. The first kappa shape index (κ1) is 15.4. The fourth-order valence-corrected chi connectivity index (χ4v) is 3.47. The van der Waals surface area contributed by atoms with Crippen molar-refractivity contribution in [3.8, 4) is 17.3 Å². The van der Waals surface area contributed by atoms with E-state index in [-0.39, 0.29) is 0 Å². The lowest BCUT2D eigenvalue weighted by Crippen LogP contribution is -2.31. The highest BCUT2D eigenvalue weighted by molar-refractivity contribution is 6.07. The van der Waals surface area contributed by atoms with E-state index in [4.69, 9.17) is 4.42 Å². The molecule has 3 heteroatoms. The molecular formula is C22H19N2O+. The molecule has 2 aromatic heterocycles. The van der Waals surface area contributed by atoms with Gasteiger partial charge in [0, 0.05) is 22.4 Å². The monoisotopic (exact) mass is 327 g/mol. The van der Waals surface area contributed by atoms with Crippen molar-refractivity contribution >= 4 is 21.9 Å². The minimum Gasteiger partial charge on any atom is -0.455 e. The fourth-order valence-electron chi connectivity index (χ4n) is 3.47. The molecule has 4 rings (SSSR count). The van der Waals surface area contributed by atoms with E-state index in [0.717, 1.165) is 27.6 Å². The maximum Gasteiger partial charge on any atom is 0.212 e. The van der Waals surface area contributed by atoms with Crippen molar-refractivity contribution in [1.82, 2.24) is 0 Å². The Balaban J connectivity index is 2.05. The highest BCUT2D eigenvalue weighted by Gasteiger charge is 2.18. The molecule has 0 N–H and O–H groups in total. The molecule has 0 aliphatic heterocycles.